The number of fused-ring (bicyclic) bond motifs is 1. The van der Waals surface area contributed by atoms with Crippen LogP contribution in [-0.2, 0) is 16.4 Å². The van der Waals surface area contributed by atoms with Crippen LogP contribution < -0.4 is 10.5 Å². The molecule has 170 valence electrons. The van der Waals surface area contributed by atoms with Gasteiger partial charge < -0.3 is 5.73 Å². The van der Waals surface area contributed by atoms with Crippen LogP contribution in [0.25, 0.3) is 10.2 Å². The van der Waals surface area contributed by atoms with Crippen molar-refractivity contribution in [2.45, 2.75) is 38.5 Å². The van der Waals surface area contributed by atoms with E-state index >= 15 is 0 Å². The SMILES string of the molecule is CCCc1ccc2c(N)c(C(=O)c3ccc(S(=O)(=O)Nc4nc(C)cc(C)n4)cc3)sc2n1. The minimum absolute atomic E-state index is 0.000597. The summed E-state index contributed by atoms with van der Waals surface area (Å²) in [5.74, 6) is -0.275. The number of nitrogen functional groups attached to an aromatic ring is 1. The molecule has 0 atom stereocenters. The van der Waals surface area contributed by atoms with E-state index in [0.717, 1.165) is 28.8 Å². The molecule has 3 aromatic heterocycles. The lowest BCUT2D eigenvalue weighted by molar-refractivity contribution is 0.104. The number of carbonyl (C=O) groups excluding carboxylic acids is 1. The van der Waals surface area contributed by atoms with Crippen LogP contribution >= 0.6 is 11.3 Å². The van der Waals surface area contributed by atoms with Gasteiger partial charge in [-0.3, -0.25) is 4.79 Å². The second-order valence-electron chi connectivity index (χ2n) is 7.68. The molecule has 0 amide bonds. The smallest absolute Gasteiger partial charge is 0.264 e. The van der Waals surface area contributed by atoms with Crippen LogP contribution in [0.2, 0.25) is 0 Å². The predicted molar refractivity (Wildman–Crippen MR) is 130 cm³/mol. The molecule has 4 rings (SSSR count). The maximum Gasteiger partial charge on any atom is 0.264 e. The minimum atomic E-state index is -3.91. The lowest BCUT2D eigenvalue weighted by atomic mass is 10.1. The number of nitrogens with two attached hydrogens (primary N) is 1. The highest BCUT2D eigenvalue weighted by Gasteiger charge is 2.21. The quantitative estimate of drug-likeness (QED) is 0.377. The van der Waals surface area contributed by atoms with E-state index in [-0.39, 0.29) is 16.6 Å². The van der Waals surface area contributed by atoms with Crippen LogP contribution in [0.4, 0.5) is 11.6 Å². The van der Waals surface area contributed by atoms with E-state index in [9.17, 15) is 13.2 Å². The third-order valence-electron chi connectivity index (χ3n) is 5.00. The average molecular weight is 482 g/mol. The fourth-order valence-electron chi connectivity index (χ4n) is 3.47. The minimum Gasteiger partial charge on any atom is -0.397 e. The Bertz CT molecular complexity index is 1440. The number of anilines is 2. The third kappa shape index (κ3) is 4.71. The summed E-state index contributed by atoms with van der Waals surface area (Å²) < 4.78 is 27.8. The maximum absolute atomic E-state index is 13.1. The number of rotatable bonds is 7. The first-order chi connectivity index (χ1) is 15.7. The van der Waals surface area contributed by atoms with Crippen molar-refractivity contribution in [2.75, 3.05) is 10.5 Å². The highest BCUT2D eigenvalue weighted by Crippen LogP contribution is 2.34. The zero-order valence-electron chi connectivity index (χ0n) is 18.4. The normalized spacial score (nSPS) is 11.6. The molecule has 1 aromatic carbocycles. The van der Waals surface area contributed by atoms with E-state index in [1.54, 1.807) is 19.9 Å². The highest BCUT2D eigenvalue weighted by atomic mass is 32.2. The van der Waals surface area contributed by atoms with Crippen LogP contribution in [0.3, 0.4) is 0 Å². The summed E-state index contributed by atoms with van der Waals surface area (Å²) in [6, 6.07) is 11.3. The first-order valence-electron chi connectivity index (χ1n) is 10.4. The van der Waals surface area contributed by atoms with Gasteiger partial charge in [-0.25, -0.2) is 28.1 Å². The van der Waals surface area contributed by atoms with Crippen LogP contribution in [-0.4, -0.2) is 29.2 Å². The maximum atomic E-state index is 13.1. The molecule has 33 heavy (non-hydrogen) atoms. The predicted octanol–water partition coefficient (Wildman–Crippen LogP) is 4.27. The monoisotopic (exact) mass is 481 g/mol. The van der Waals surface area contributed by atoms with Crippen LogP contribution in [0, 0.1) is 13.8 Å². The summed E-state index contributed by atoms with van der Waals surface area (Å²) >= 11 is 1.25. The molecule has 0 radical (unpaired) electrons. The van der Waals surface area contributed by atoms with Crippen LogP contribution in [0.1, 0.15) is 45.7 Å². The number of aromatic nitrogens is 3. The van der Waals surface area contributed by atoms with Crippen molar-refractivity contribution >= 4 is 49.0 Å². The van der Waals surface area contributed by atoms with Gasteiger partial charge in [-0.1, -0.05) is 13.3 Å². The Morgan fingerprint density at radius 3 is 2.33 bits per heavy atom. The molecular weight excluding hydrogens is 458 g/mol. The van der Waals surface area contributed by atoms with Crippen molar-refractivity contribution in [3.63, 3.8) is 0 Å². The van der Waals surface area contributed by atoms with E-state index in [1.807, 2.05) is 12.1 Å². The molecule has 0 fully saturated rings. The molecule has 0 aliphatic rings. The number of ketones is 1. The first kappa shape index (κ1) is 22.8. The summed E-state index contributed by atoms with van der Waals surface area (Å²) in [5, 5.41) is 0.750. The molecule has 0 unspecified atom stereocenters. The Labute approximate surface area is 196 Å². The number of thiophene rings is 1. The Morgan fingerprint density at radius 1 is 1.03 bits per heavy atom. The van der Waals surface area contributed by atoms with Gasteiger partial charge in [0.1, 0.15) is 9.71 Å². The van der Waals surface area contributed by atoms with Gasteiger partial charge in [0.05, 0.1) is 10.6 Å². The van der Waals surface area contributed by atoms with Crippen molar-refractivity contribution in [3.8, 4) is 0 Å². The van der Waals surface area contributed by atoms with Crippen molar-refractivity contribution in [1.82, 2.24) is 15.0 Å². The van der Waals surface area contributed by atoms with Gasteiger partial charge >= 0.3 is 0 Å². The van der Waals surface area contributed by atoms with Gasteiger partial charge in [-0.15, -0.1) is 11.3 Å². The van der Waals surface area contributed by atoms with E-state index in [2.05, 4.69) is 26.6 Å². The Morgan fingerprint density at radius 2 is 1.70 bits per heavy atom. The molecule has 10 heteroatoms. The Kier molecular flexibility index (Phi) is 6.13. The molecular formula is C23H23N5O3S2. The van der Waals surface area contributed by atoms with Gasteiger partial charge in [0, 0.05) is 28.0 Å². The van der Waals surface area contributed by atoms with Gasteiger partial charge in [0.15, 0.2) is 0 Å². The van der Waals surface area contributed by atoms with E-state index in [4.69, 9.17) is 5.73 Å². The number of hydrogen-bond acceptors (Lipinski definition) is 8. The second kappa shape index (κ2) is 8.87. The zero-order valence-corrected chi connectivity index (χ0v) is 20.0. The summed E-state index contributed by atoms with van der Waals surface area (Å²) in [4.78, 5) is 27.0. The van der Waals surface area contributed by atoms with Crippen molar-refractivity contribution in [3.05, 3.63) is 70.0 Å². The number of pyridine rings is 1. The van der Waals surface area contributed by atoms with E-state index in [1.165, 1.54) is 35.6 Å². The largest absolute Gasteiger partial charge is 0.397 e. The number of aryl methyl sites for hydroxylation is 3. The molecule has 0 saturated heterocycles. The highest BCUT2D eigenvalue weighted by molar-refractivity contribution is 7.92. The molecule has 8 nitrogen and oxygen atoms in total. The molecule has 0 spiro atoms. The lowest BCUT2D eigenvalue weighted by Crippen LogP contribution is -2.16. The molecule has 0 aliphatic heterocycles. The van der Waals surface area contributed by atoms with E-state index < -0.39 is 10.0 Å². The third-order valence-corrected chi connectivity index (χ3v) is 7.46. The standard InChI is InChI=1S/C23H23N5O3S2/c1-4-5-16-8-11-18-19(24)21(32-22(18)27-16)20(29)15-6-9-17(10-7-15)33(30,31)28-23-25-13(2)12-14(3)26-23/h6-12H,4-5,24H2,1-3H3,(H,25,26,28). The van der Waals surface area contributed by atoms with E-state index in [0.29, 0.717) is 27.5 Å². The molecule has 4 aromatic rings. The average Bonchev–Trinajstić information content (AvgIpc) is 3.08. The summed E-state index contributed by atoms with van der Waals surface area (Å²) in [6.07, 6.45) is 1.83. The molecule has 0 aliphatic carbocycles. The topological polar surface area (TPSA) is 128 Å². The summed E-state index contributed by atoms with van der Waals surface area (Å²) in [6.45, 7) is 5.59. The van der Waals surface area contributed by atoms with Gasteiger partial charge in [-0.2, -0.15) is 0 Å². The second-order valence-corrected chi connectivity index (χ2v) is 10.4. The van der Waals surface area contributed by atoms with Crippen molar-refractivity contribution in [2.24, 2.45) is 0 Å². The summed E-state index contributed by atoms with van der Waals surface area (Å²) in [7, 11) is -3.91. The number of sulfonamides is 1. The Balaban J connectivity index is 1.60. The molecule has 0 saturated carbocycles. The fraction of sp³-hybridized carbons (Fsp3) is 0.217. The zero-order chi connectivity index (χ0) is 23.8. The molecule has 3 heterocycles. The van der Waals surface area contributed by atoms with Gasteiger partial charge in [-0.05, 0) is 62.7 Å². The number of benzene rings is 1. The lowest BCUT2D eigenvalue weighted by Gasteiger charge is -2.08. The number of nitrogens with one attached hydrogen (secondary N) is 1. The first-order valence-corrected chi connectivity index (χ1v) is 12.7. The summed E-state index contributed by atoms with van der Waals surface area (Å²) in [5.41, 5.74) is 9.23. The Hall–Kier alpha value is -3.37. The van der Waals surface area contributed by atoms with Gasteiger partial charge in [0.2, 0.25) is 11.7 Å². The fourth-order valence-corrected chi connectivity index (χ4v) is 5.49. The molecule has 0 bridgehead atoms. The number of carbonyl (C=O) groups is 1. The molecule has 3 N–H and O–H groups in total. The van der Waals surface area contributed by atoms with Crippen molar-refractivity contribution in [1.29, 1.82) is 0 Å². The van der Waals surface area contributed by atoms with Crippen LogP contribution in [0.5, 0.6) is 0 Å². The number of nitrogens with zero attached hydrogens (tertiary/aromatic N) is 3. The van der Waals surface area contributed by atoms with Crippen molar-refractivity contribution < 1.29 is 13.2 Å². The van der Waals surface area contributed by atoms with Crippen LogP contribution in [0.15, 0.2) is 47.4 Å². The van der Waals surface area contributed by atoms with Gasteiger partial charge in [0.25, 0.3) is 10.0 Å². The number of hydrogen-bond donors (Lipinski definition) is 2.